The van der Waals surface area contributed by atoms with E-state index in [1.165, 1.54) is 12.1 Å². The smallest absolute Gasteiger partial charge is 0.416 e. The molecule has 0 saturated carbocycles. The Labute approximate surface area is 199 Å². The van der Waals surface area contributed by atoms with Crippen molar-refractivity contribution in [3.8, 4) is 5.75 Å². The van der Waals surface area contributed by atoms with Crippen LogP contribution in [-0.4, -0.2) is 23.9 Å². The summed E-state index contributed by atoms with van der Waals surface area (Å²) in [6, 6.07) is 10.3. The fourth-order valence-corrected chi connectivity index (χ4v) is 3.66. The Hall–Kier alpha value is -3.83. The molecule has 3 aromatic carbocycles. The lowest BCUT2D eigenvalue weighted by Crippen LogP contribution is -2.53. The minimum Gasteiger partial charge on any atom is -0.505 e. The van der Waals surface area contributed by atoms with Crippen LogP contribution in [0.15, 0.2) is 66.7 Å². The number of phenolic OH excluding ortho intramolecular Hbond substituents is 1. The van der Waals surface area contributed by atoms with E-state index < -0.39 is 65.4 Å². The predicted molar refractivity (Wildman–Crippen MR) is 113 cm³/mol. The molecule has 0 bridgehead atoms. The number of carbonyl (C=O) groups is 1. The van der Waals surface area contributed by atoms with Crippen molar-refractivity contribution in [1.82, 2.24) is 10.6 Å². The number of amides is 2. The molecular formula is C24H18F8N2O2. The molecule has 12 heteroatoms. The first-order valence-electron chi connectivity index (χ1n) is 10.2. The fourth-order valence-electron chi connectivity index (χ4n) is 3.66. The van der Waals surface area contributed by atoms with Crippen molar-refractivity contribution in [2.24, 2.45) is 0 Å². The topological polar surface area (TPSA) is 61.4 Å². The SMILES string of the molecule is O=C(NCC(F)(F)F)NC(Cc1ccccc1)(c1cc(F)cc(C(F)(F)F)c1)c1ccc(F)c(O)c1. The monoisotopic (exact) mass is 518 g/mol. The van der Waals surface area contributed by atoms with Crippen LogP contribution >= 0.6 is 0 Å². The third-order valence-electron chi connectivity index (χ3n) is 5.25. The standard InChI is InChI=1S/C24H18F8N2O2/c25-18-9-16(8-17(10-18)24(30,31)32)22(12-14-4-2-1-3-5-14,15-6-7-19(26)20(35)11-15)34-21(36)33-13-23(27,28)29/h1-11,35H,12-13H2,(H2,33,34,36). The summed E-state index contributed by atoms with van der Waals surface area (Å²) in [5.41, 5.74) is -3.96. The molecule has 0 aromatic heterocycles. The normalized spacial score (nSPS) is 13.7. The molecule has 0 spiro atoms. The van der Waals surface area contributed by atoms with Crippen LogP contribution in [0.25, 0.3) is 0 Å². The highest BCUT2D eigenvalue weighted by molar-refractivity contribution is 5.76. The van der Waals surface area contributed by atoms with Crippen LogP contribution in [0, 0.1) is 11.6 Å². The van der Waals surface area contributed by atoms with Crippen molar-refractivity contribution in [2.75, 3.05) is 6.54 Å². The van der Waals surface area contributed by atoms with Gasteiger partial charge in [0.05, 0.1) is 11.1 Å². The maximum Gasteiger partial charge on any atom is 0.416 e. The maximum atomic E-state index is 14.4. The highest BCUT2D eigenvalue weighted by atomic mass is 19.4. The number of urea groups is 1. The van der Waals surface area contributed by atoms with Crippen LogP contribution in [0.1, 0.15) is 22.3 Å². The zero-order valence-electron chi connectivity index (χ0n) is 18.1. The molecule has 0 saturated heterocycles. The fraction of sp³-hybridized carbons (Fsp3) is 0.208. The Bertz CT molecular complexity index is 1230. The van der Waals surface area contributed by atoms with E-state index in [9.17, 15) is 45.0 Å². The van der Waals surface area contributed by atoms with Gasteiger partial charge in [0.15, 0.2) is 11.6 Å². The van der Waals surface area contributed by atoms with Crippen LogP contribution in [0.4, 0.5) is 39.9 Å². The van der Waals surface area contributed by atoms with Gasteiger partial charge in [-0.1, -0.05) is 36.4 Å². The van der Waals surface area contributed by atoms with Gasteiger partial charge in [-0.05, 0) is 47.0 Å². The average molecular weight is 518 g/mol. The molecule has 36 heavy (non-hydrogen) atoms. The number of hydrogen-bond donors (Lipinski definition) is 3. The number of alkyl halides is 6. The van der Waals surface area contributed by atoms with Crippen LogP contribution in [-0.2, 0) is 18.1 Å². The van der Waals surface area contributed by atoms with Crippen molar-refractivity contribution < 1.29 is 45.0 Å². The summed E-state index contributed by atoms with van der Waals surface area (Å²) in [7, 11) is 0. The van der Waals surface area contributed by atoms with Gasteiger partial charge < -0.3 is 15.7 Å². The quantitative estimate of drug-likeness (QED) is 0.349. The molecular weight excluding hydrogens is 500 g/mol. The Kier molecular flexibility index (Phi) is 7.46. The van der Waals surface area contributed by atoms with E-state index in [4.69, 9.17) is 0 Å². The van der Waals surface area contributed by atoms with Crippen LogP contribution < -0.4 is 10.6 Å². The summed E-state index contributed by atoms with van der Waals surface area (Å²) in [4.78, 5) is 12.6. The van der Waals surface area contributed by atoms with E-state index in [2.05, 4.69) is 5.32 Å². The van der Waals surface area contributed by atoms with Gasteiger partial charge in [0.2, 0.25) is 0 Å². The van der Waals surface area contributed by atoms with Crippen LogP contribution in [0.5, 0.6) is 5.75 Å². The lowest BCUT2D eigenvalue weighted by molar-refractivity contribution is -0.137. The van der Waals surface area contributed by atoms with Crippen molar-refractivity contribution in [3.05, 3.63) is 101 Å². The second-order valence-electron chi connectivity index (χ2n) is 7.88. The molecule has 1 unspecified atom stereocenters. The largest absolute Gasteiger partial charge is 0.505 e. The predicted octanol–water partition coefficient (Wildman–Crippen LogP) is 6.04. The highest BCUT2D eigenvalue weighted by Crippen LogP contribution is 2.39. The first kappa shape index (κ1) is 26.8. The zero-order chi connectivity index (χ0) is 26.7. The number of carbonyl (C=O) groups excluding carboxylic acids is 1. The van der Waals surface area contributed by atoms with Gasteiger partial charge in [0, 0.05) is 6.42 Å². The van der Waals surface area contributed by atoms with Gasteiger partial charge in [0.25, 0.3) is 0 Å². The first-order chi connectivity index (χ1) is 16.7. The van der Waals surface area contributed by atoms with E-state index in [1.54, 1.807) is 23.5 Å². The Morgan fingerprint density at radius 2 is 1.44 bits per heavy atom. The van der Waals surface area contributed by atoms with E-state index in [0.717, 1.165) is 18.2 Å². The number of halogens is 8. The van der Waals surface area contributed by atoms with E-state index in [0.29, 0.717) is 17.7 Å². The molecule has 0 fully saturated rings. The van der Waals surface area contributed by atoms with Crippen LogP contribution in [0.2, 0.25) is 0 Å². The number of benzene rings is 3. The van der Waals surface area contributed by atoms with Crippen LogP contribution in [0.3, 0.4) is 0 Å². The molecule has 0 heterocycles. The molecule has 0 radical (unpaired) electrons. The summed E-state index contributed by atoms with van der Waals surface area (Å²) in [5.74, 6) is -3.40. The molecule has 3 aromatic rings. The Morgan fingerprint density at radius 3 is 2.03 bits per heavy atom. The summed E-state index contributed by atoms with van der Waals surface area (Å²) in [6.45, 7) is -1.77. The van der Waals surface area contributed by atoms with Crippen molar-refractivity contribution in [2.45, 2.75) is 24.3 Å². The second kappa shape index (κ2) is 10.0. The van der Waals surface area contributed by atoms with E-state index in [-0.39, 0.29) is 11.6 Å². The zero-order valence-corrected chi connectivity index (χ0v) is 18.1. The first-order valence-corrected chi connectivity index (χ1v) is 10.2. The molecule has 3 N–H and O–H groups in total. The Morgan fingerprint density at radius 1 is 0.806 bits per heavy atom. The lowest BCUT2D eigenvalue weighted by atomic mass is 9.77. The van der Waals surface area contributed by atoms with Gasteiger partial charge in [-0.25, -0.2) is 13.6 Å². The third-order valence-corrected chi connectivity index (χ3v) is 5.25. The van der Waals surface area contributed by atoms with Gasteiger partial charge in [-0.15, -0.1) is 0 Å². The molecule has 2 amide bonds. The maximum absolute atomic E-state index is 14.4. The van der Waals surface area contributed by atoms with Crippen molar-refractivity contribution >= 4 is 6.03 Å². The van der Waals surface area contributed by atoms with Gasteiger partial charge in [-0.3, -0.25) is 0 Å². The van der Waals surface area contributed by atoms with E-state index >= 15 is 0 Å². The van der Waals surface area contributed by atoms with Gasteiger partial charge in [-0.2, -0.15) is 26.3 Å². The lowest BCUT2D eigenvalue weighted by Gasteiger charge is -2.37. The number of rotatable bonds is 6. The molecule has 0 aliphatic carbocycles. The second-order valence-corrected chi connectivity index (χ2v) is 7.88. The number of nitrogens with one attached hydrogen (secondary N) is 2. The van der Waals surface area contributed by atoms with Crippen molar-refractivity contribution in [1.29, 1.82) is 0 Å². The number of phenols is 1. The summed E-state index contributed by atoms with van der Waals surface area (Å²) in [6.07, 6.45) is -10.2. The molecule has 4 nitrogen and oxygen atoms in total. The van der Waals surface area contributed by atoms with Gasteiger partial charge in [0.1, 0.15) is 12.4 Å². The molecule has 1 atom stereocenters. The average Bonchev–Trinajstić information content (AvgIpc) is 2.78. The summed E-state index contributed by atoms with van der Waals surface area (Å²) in [5, 5.41) is 13.7. The van der Waals surface area contributed by atoms with Crippen molar-refractivity contribution in [3.63, 3.8) is 0 Å². The molecule has 0 aliphatic rings. The molecule has 192 valence electrons. The Balaban J connectivity index is 2.28. The number of aromatic hydroxyl groups is 1. The highest BCUT2D eigenvalue weighted by Gasteiger charge is 2.41. The molecule has 0 aliphatic heterocycles. The minimum absolute atomic E-state index is 0.211. The minimum atomic E-state index is -5.02. The molecule has 3 rings (SSSR count). The van der Waals surface area contributed by atoms with Gasteiger partial charge >= 0.3 is 18.4 Å². The summed E-state index contributed by atoms with van der Waals surface area (Å²) < 4.78 is 107. The third kappa shape index (κ3) is 6.43. The van der Waals surface area contributed by atoms with E-state index in [1.807, 2.05) is 0 Å². The summed E-state index contributed by atoms with van der Waals surface area (Å²) >= 11 is 0. The number of hydrogen-bond acceptors (Lipinski definition) is 2.